The van der Waals surface area contributed by atoms with Crippen LogP contribution >= 0.6 is 11.8 Å². The van der Waals surface area contributed by atoms with Crippen LogP contribution in [0.15, 0.2) is 60.7 Å². The van der Waals surface area contributed by atoms with Crippen LogP contribution < -0.4 is 0 Å². The smallest absolute Gasteiger partial charge is 0.247 e. The fourth-order valence-electron chi connectivity index (χ4n) is 2.43. The molecule has 0 N–H and O–H groups in total. The summed E-state index contributed by atoms with van der Waals surface area (Å²) in [5, 5.41) is -0.0338. The molecule has 2 aromatic rings. The summed E-state index contributed by atoms with van der Waals surface area (Å²) in [5.41, 5.74) is 1.96. The van der Waals surface area contributed by atoms with Gasteiger partial charge in [-0.3, -0.25) is 4.79 Å². The molecule has 1 atom stereocenters. The Labute approximate surface area is 133 Å². The number of amides is 1. The Bertz CT molecular complexity index is 669. The van der Waals surface area contributed by atoms with E-state index in [0.29, 0.717) is 6.54 Å². The van der Waals surface area contributed by atoms with Gasteiger partial charge in [-0.25, -0.2) is 4.39 Å². The SMILES string of the molecule is O=C(C=Cc1ccccc1)N1CCSC1c1ccc(F)cc1. The molecule has 0 bridgehead atoms. The second-order valence-electron chi connectivity index (χ2n) is 5.05. The van der Waals surface area contributed by atoms with Crippen molar-refractivity contribution in [2.24, 2.45) is 0 Å². The van der Waals surface area contributed by atoms with E-state index in [-0.39, 0.29) is 17.1 Å². The van der Waals surface area contributed by atoms with Crippen LogP contribution in [0.3, 0.4) is 0 Å². The van der Waals surface area contributed by atoms with Crippen LogP contribution in [-0.2, 0) is 4.79 Å². The van der Waals surface area contributed by atoms with Crippen molar-refractivity contribution in [1.82, 2.24) is 4.90 Å². The number of hydrogen-bond acceptors (Lipinski definition) is 2. The summed E-state index contributed by atoms with van der Waals surface area (Å²) < 4.78 is 13.0. The largest absolute Gasteiger partial charge is 0.322 e. The normalized spacial score (nSPS) is 18.0. The minimum Gasteiger partial charge on any atom is -0.322 e. The van der Waals surface area contributed by atoms with Gasteiger partial charge < -0.3 is 4.90 Å². The van der Waals surface area contributed by atoms with Crippen molar-refractivity contribution in [2.75, 3.05) is 12.3 Å². The first-order valence-electron chi connectivity index (χ1n) is 7.15. The summed E-state index contributed by atoms with van der Waals surface area (Å²) in [7, 11) is 0. The molecule has 2 aromatic carbocycles. The summed E-state index contributed by atoms with van der Waals surface area (Å²) >= 11 is 1.71. The van der Waals surface area contributed by atoms with Crippen molar-refractivity contribution in [1.29, 1.82) is 0 Å². The molecule has 0 spiro atoms. The first-order chi connectivity index (χ1) is 10.7. The van der Waals surface area contributed by atoms with E-state index in [4.69, 9.17) is 0 Å². The van der Waals surface area contributed by atoms with E-state index in [1.165, 1.54) is 12.1 Å². The van der Waals surface area contributed by atoms with Gasteiger partial charge in [-0.2, -0.15) is 0 Å². The molecule has 0 aliphatic carbocycles. The third-order valence-electron chi connectivity index (χ3n) is 3.55. The van der Waals surface area contributed by atoms with Crippen LogP contribution in [0.5, 0.6) is 0 Å². The Morgan fingerprint density at radius 2 is 1.86 bits per heavy atom. The fourth-order valence-corrected chi connectivity index (χ4v) is 3.69. The minimum atomic E-state index is -0.256. The molecule has 1 amide bonds. The van der Waals surface area contributed by atoms with Crippen LogP contribution in [0.1, 0.15) is 16.5 Å². The van der Waals surface area contributed by atoms with Crippen molar-refractivity contribution in [2.45, 2.75) is 5.37 Å². The molecule has 1 saturated heterocycles. The Kier molecular flexibility index (Phi) is 4.59. The molecule has 22 heavy (non-hydrogen) atoms. The molecular weight excluding hydrogens is 297 g/mol. The van der Waals surface area contributed by atoms with E-state index >= 15 is 0 Å². The predicted molar refractivity (Wildman–Crippen MR) is 88.8 cm³/mol. The number of rotatable bonds is 3. The van der Waals surface area contributed by atoms with Crippen molar-refractivity contribution in [3.63, 3.8) is 0 Å². The van der Waals surface area contributed by atoms with E-state index in [2.05, 4.69) is 0 Å². The first kappa shape index (κ1) is 14.9. The lowest BCUT2D eigenvalue weighted by molar-refractivity contribution is -0.126. The predicted octanol–water partition coefficient (Wildman–Crippen LogP) is 4.11. The maximum atomic E-state index is 13.0. The lowest BCUT2D eigenvalue weighted by atomic mass is 10.2. The molecule has 0 aromatic heterocycles. The summed E-state index contributed by atoms with van der Waals surface area (Å²) in [4.78, 5) is 14.3. The summed E-state index contributed by atoms with van der Waals surface area (Å²) in [6.07, 6.45) is 3.44. The van der Waals surface area contributed by atoms with Gasteiger partial charge in [0, 0.05) is 18.4 Å². The first-order valence-corrected chi connectivity index (χ1v) is 8.20. The Balaban J connectivity index is 1.74. The molecule has 0 saturated carbocycles. The van der Waals surface area contributed by atoms with Crippen molar-refractivity contribution in [3.8, 4) is 0 Å². The summed E-state index contributed by atoms with van der Waals surface area (Å²) in [6.45, 7) is 0.713. The van der Waals surface area contributed by atoms with Gasteiger partial charge in [-0.1, -0.05) is 42.5 Å². The number of carbonyl (C=O) groups is 1. The van der Waals surface area contributed by atoms with Crippen LogP contribution in [-0.4, -0.2) is 23.1 Å². The standard InChI is InChI=1S/C18H16FNOS/c19-16-9-7-15(8-10-16)18-20(12-13-22-18)17(21)11-6-14-4-2-1-3-5-14/h1-11,18H,12-13H2. The van der Waals surface area contributed by atoms with E-state index in [1.807, 2.05) is 41.3 Å². The van der Waals surface area contributed by atoms with Gasteiger partial charge in [-0.15, -0.1) is 11.8 Å². The zero-order chi connectivity index (χ0) is 15.4. The zero-order valence-corrected chi connectivity index (χ0v) is 12.8. The Morgan fingerprint density at radius 3 is 2.59 bits per heavy atom. The second-order valence-corrected chi connectivity index (χ2v) is 6.24. The molecule has 1 aliphatic heterocycles. The number of thioether (sulfide) groups is 1. The molecule has 3 rings (SSSR count). The van der Waals surface area contributed by atoms with Crippen LogP contribution in [0.25, 0.3) is 6.08 Å². The van der Waals surface area contributed by atoms with E-state index in [0.717, 1.165) is 16.9 Å². The second kappa shape index (κ2) is 6.79. The molecule has 1 aliphatic rings. The lowest BCUT2D eigenvalue weighted by Crippen LogP contribution is -2.28. The van der Waals surface area contributed by atoms with Crippen molar-refractivity contribution < 1.29 is 9.18 Å². The summed E-state index contributed by atoms with van der Waals surface area (Å²) in [5.74, 6) is 0.629. The fraction of sp³-hybridized carbons (Fsp3) is 0.167. The van der Waals surface area contributed by atoms with E-state index < -0.39 is 0 Å². The maximum Gasteiger partial charge on any atom is 0.247 e. The molecule has 4 heteroatoms. The highest BCUT2D eigenvalue weighted by Crippen LogP contribution is 2.37. The number of nitrogens with zero attached hydrogens (tertiary/aromatic N) is 1. The number of benzene rings is 2. The van der Waals surface area contributed by atoms with Crippen LogP contribution in [0.4, 0.5) is 4.39 Å². The molecule has 1 fully saturated rings. The number of carbonyl (C=O) groups excluding carboxylic acids is 1. The molecule has 2 nitrogen and oxygen atoms in total. The highest BCUT2D eigenvalue weighted by Gasteiger charge is 2.29. The van der Waals surface area contributed by atoms with Gasteiger partial charge in [-0.05, 0) is 29.3 Å². The summed E-state index contributed by atoms with van der Waals surface area (Å²) in [6, 6.07) is 16.1. The van der Waals surface area contributed by atoms with E-state index in [9.17, 15) is 9.18 Å². The third kappa shape index (κ3) is 3.39. The zero-order valence-electron chi connectivity index (χ0n) is 12.0. The van der Waals surface area contributed by atoms with Crippen molar-refractivity contribution in [3.05, 3.63) is 77.6 Å². The Hall–Kier alpha value is -2.07. The van der Waals surface area contributed by atoms with Crippen LogP contribution in [0, 0.1) is 5.82 Å². The van der Waals surface area contributed by atoms with Gasteiger partial charge in [0.05, 0.1) is 0 Å². The minimum absolute atomic E-state index is 0.0109. The lowest BCUT2D eigenvalue weighted by Gasteiger charge is -2.22. The third-order valence-corrected chi connectivity index (χ3v) is 4.81. The Morgan fingerprint density at radius 1 is 1.14 bits per heavy atom. The van der Waals surface area contributed by atoms with Crippen LogP contribution in [0.2, 0.25) is 0 Å². The van der Waals surface area contributed by atoms with Gasteiger partial charge >= 0.3 is 0 Å². The molecule has 0 radical (unpaired) electrons. The van der Waals surface area contributed by atoms with Gasteiger partial charge in [0.15, 0.2) is 0 Å². The monoisotopic (exact) mass is 313 g/mol. The topological polar surface area (TPSA) is 20.3 Å². The van der Waals surface area contributed by atoms with Crippen molar-refractivity contribution >= 4 is 23.7 Å². The quantitative estimate of drug-likeness (QED) is 0.795. The molecule has 112 valence electrons. The maximum absolute atomic E-state index is 13.0. The van der Waals surface area contributed by atoms with E-state index in [1.54, 1.807) is 30.0 Å². The molecule has 1 heterocycles. The average Bonchev–Trinajstić information content (AvgIpc) is 3.04. The average molecular weight is 313 g/mol. The molecular formula is C18H16FNOS. The number of hydrogen-bond donors (Lipinski definition) is 0. The molecule has 1 unspecified atom stereocenters. The number of halogens is 1. The highest BCUT2D eigenvalue weighted by atomic mass is 32.2. The highest BCUT2D eigenvalue weighted by molar-refractivity contribution is 7.99. The van der Waals surface area contributed by atoms with Gasteiger partial charge in [0.1, 0.15) is 11.2 Å². The van der Waals surface area contributed by atoms with Gasteiger partial charge in [0.2, 0.25) is 5.91 Å². The van der Waals surface area contributed by atoms with Gasteiger partial charge in [0.25, 0.3) is 0 Å².